The van der Waals surface area contributed by atoms with E-state index in [0.717, 1.165) is 64.5 Å². The maximum absolute atomic E-state index is 11.0. The normalized spacial score (nSPS) is 16.0. The summed E-state index contributed by atoms with van der Waals surface area (Å²) in [5.41, 5.74) is 2.58. The fourth-order valence-electron chi connectivity index (χ4n) is 3.92. The van der Waals surface area contributed by atoms with Crippen molar-refractivity contribution in [3.05, 3.63) is 93.4 Å². The predicted molar refractivity (Wildman–Crippen MR) is 134 cm³/mol. The molecule has 0 radical (unpaired) electrons. The van der Waals surface area contributed by atoms with Crippen molar-refractivity contribution in [2.24, 2.45) is 0 Å². The van der Waals surface area contributed by atoms with Crippen LogP contribution < -0.4 is 10.1 Å². The molecule has 0 aliphatic carbocycles. The second kappa shape index (κ2) is 10.7. The van der Waals surface area contributed by atoms with Gasteiger partial charge in [0.25, 0.3) is 0 Å². The lowest BCUT2D eigenvalue weighted by Crippen LogP contribution is -2.48. The Morgan fingerprint density at radius 1 is 1.00 bits per heavy atom. The number of benzene rings is 3. The van der Waals surface area contributed by atoms with Crippen LogP contribution in [0.2, 0.25) is 5.02 Å². The first-order valence-electron chi connectivity index (χ1n) is 10.9. The molecule has 1 aliphatic heterocycles. The van der Waals surface area contributed by atoms with Crippen LogP contribution in [-0.2, 0) is 13.2 Å². The lowest BCUT2D eigenvalue weighted by atomic mass is 9.91. The van der Waals surface area contributed by atoms with Gasteiger partial charge in [-0.25, -0.2) is 0 Å². The quantitative estimate of drug-likeness (QED) is 0.379. The number of aliphatic hydroxyl groups is 1. The Morgan fingerprint density at radius 3 is 2.44 bits per heavy atom. The van der Waals surface area contributed by atoms with Crippen LogP contribution in [0, 0.1) is 0 Å². The Hall–Kier alpha value is -2.05. The molecule has 1 heterocycles. The summed E-state index contributed by atoms with van der Waals surface area (Å²) in [5, 5.41) is 15.1. The highest BCUT2D eigenvalue weighted by molar-refractivity contribution is 9.10. The van der Waals surface area contributed by atoms with Gasteiger partial charge in [0.15, 0.2) is 0 Å². The first-order valence-corrected chi connectivity index (χ1v) is 12.1. The van der Waals surface area contributed by atoms with Crippen molar-refractivity contribution in [2.75, 3.05) is 25.0 Å². The predicted octanol–water partition coefficient (Wildman–Crippen LogP) is 6.12. The smallest absolute Gasteiger partial charge is 0.124 e. The summed E-state index contributed by atoms with van der Waals surface area (Å²) in [6.07, 6.45) is 1.48. The van der Waals surface area contributed by atoms with E-state index in [0.29, 0.717) is 13.2 Å². The Balaban J connectivity index is 1.33. The third-order valence-electron chi connectivity index (χ3n) is 5.91. The topological polar surface area (TPSA) is 44.7 Å². The molecule has 0 bridgehead atoms. The fourth-order valence-corrected chi connectivity index (χ4v) is 4.46. The summed E-state index contributed by atoms with van der Waals surface area (Å²) < 4.78 is 7.17. The van der Waals surface area contributed by atoms with Gasteiger partial charge in [-0.05, 0) is 60.9 Å². The van der Waals surface area contributed by atoms with Crippen LogP contribution in [0.1, 0.15) is 24.0 Å². The van der Waals surface area contributed by atoms with Crippen molar-refractivity contribution in [2.45, 2.75) is 31.6 Å². The molecule has 0 spiro atoms. The number of piperidine rings is 1. The Kier molecular flexibility index (Phi) is 7.74. The zero-order chi connectivity index (χ0) is 22.4. The number of rotatable bonds is 8. The number of ether oxygens (including phenoxy) is 1. The van der Waals surface area contributed by atoms with Crippen LogP contribution in [0.25, 0.3) is 0 Å². The van der Waals surface area contributed by atoms with E-state index in [1.165, 1.54) is 0 Å². The number of hydrogen-bond acceptors (Lipinski definition) is 4. The summed E-state index contributed by atoms with van der Waals surface area (Å²) in [6, 6.07) is 23.9. The molecule has 0 unspecified atom stereocenters. The zero-order valence-corrected chi connectivity index (χ0v) is 20.3. The van der Waals surface area contributed by atoms with Gasteiger partial charge in [-0.1, -0.05) is 57.9 Å². The highest BCUT2D eigenvalue weighted by atomic mass is 79.9. The number of anilines is 1. The number of para-hydroxylation sites is 1. The second-order valence-corrected chi connectivity index (χ2v) is 9.74. The summed E-state index contributed by atoms with van der Waals surface area (Å²) in [6.45, 7) is 3.54. The van der Waals surface area contributed by atoms with Gasteiger partial charge in [-0.15, -0.1) is 0 Å². The minimum Gasteiger partial charge on any atom is -0.489 e. The van der Waals surface area contributed by atoms with E-state index in [9.17, 15) is 5.11 Å². The number of likely N-dealkylation sites (tertiary alicyclic amines) is 1. The van der Waals surface area contributed by atoms with Crippen LogP contribution in [0.15, 0.2) is 77.3 Å². The van der Waals surface area contributed by atoms with Gasteiger partial charge in [-0.3, -0.25) is 4.90 Å². The molecule has 4 nitrogen and oxygen atoms in total. The molecular weight excluding hydrogens is 488 g/mol. The molecule has 3 aromatic rings. The van der Waals surface area contributed by atoms with Gasteiger partial charge >= 0.3 is 0 Å². The molecular formula is C26H28BrClN2O2. The number of nitrogens with zero attached hydrogens (tertiary/aromatic N) is 1. The van der Waals surface area contributed by atoms with Crippen LogP contribution >= 0.6 is 27.5 Å². The average molecular weight is 516 g/mol. The first kappa shape index (κ1) is 23.1. The van der Waals surface area contributed by atoms with Crippen molar-refractivity contribution in [1.29, 1.82) is 0 Å². The lowest BCUT2D eigenvalue weighted by molar-refractivity contribution is -0.0122. The molecule has 1 saturated heterocycles. The van der Waals surface area contributed by atoms with Crippen molar-refractivity contribution in [3.8, 4) is 5.75 Å². The first-order chi connectivity index (χ1) is 15.5. The molecule has 2 N–H and O–H groups in total. The van der Waals surface area contributed by atoms with E-state index in [1.807, 2.05) is 66.7 Å². The van der Waals surface area contributed by atoms with Gasteiger partial charge in [0, 0.05) is 46.9 Å². The molecule has 1 aliphatic rings. The molecule has 3 aromatic carbocycles. The van der Waals surface area contributed by atoms with Crippen LogP contribution in [0.3, 0.4) is 0 Å². The number of halogens is 2. The third kappa shape index (κ3) is 6.48. The molecule has 0 amide bonds. The SMILES string of the molecule is OC1(CNc2ccccc2)CCN(Cc2cc(Br)ccc2OCc2ccc(Cl)cc2)CC1. The van der Waals surface area contributed by atoms with E-state index < -0.39 is 5.60 Å². The van der Waals surface area contributed by atoms with Crippen molar-refractivity contribution in [1.82, 2.24) is 4.90 Å². The molecule has 6 heteroatoms. The molecule has 168 valence electrons. The van der Waals surface area contributed by atoms with Gasteiger partial charge in [0.2, 0.25) is 0 Å². The average Bonchev–Trinajstić information content (AvgIpc) is 2.81. The minimum atomic E-state index is -0.683. The minimum absolute atomic E-state index is 0.497. The van der Waals surface area contributed by atoms with Crippen molar-refractivity contribution in [3.63, 3.8) is 0 Å². The molecule has 0 saturated carbocycles. The lowest BCUT2D eigenvalue weighted by Gasteiger charge is -2.38. The largest absolute Gasteiger partial charge is 0.489 e. The molecule has 4 rings (SSSR count). The molecule has 0 aromatic heterocycles. The molecule has 32 heavy (non-hydrogen) atoms. The summed E-state index contributed by atoms with van der Waals surface area (Å²) in [4.78, 5) is 2.38. The van der Waals surface area contributed by atoms with Gasteiger partial charge in [-0.2, -0.15) is 0 Å². The maximum Gasteiger partial charge on any atom is 0.124 e. The van der Waals surface area contributed by atoms with E-state index in [2.05, 4.69) is 32.2 Å². The van der Waals surface area contributed by atoms with Crippen LogP contribution in [0.5, 0.6) is 5.75 Å². The molecule has 1 fully saturated rings. The van der Waals surface area contributed by atoms with E-state index >= 15 is 0 Å². The van der Waals surface area contributed by atoms with Gasteiger partial charge < -0.3 is 15.2 Å². The second-order valence-electron chi connectivity index (χ2n) is 8.39. The standard InChI is InChI=1S/C26H28BrClN2O2/c27-22-8-11-25(32-18-20-6-9-23(28)10-7-20)21(16-22)17-30-14-12-26(31,13-15-30)19-29-24-4-2-1-3-5-24/h1-11,16,29,31H,12-15,17-19H2. The summed E-state index contributed by atoms with van der Waals surface area (Å²) in [7, 11) is 0. The van der Waals surface area contributed by atoms with E-state index in [1.54, 1.807) is 0 Å². The Labute approximate surface area is 203 Å². The maximum atomic E-state index is 11.0. The van der Waals surface area contributed by atoms with Crippen molar-refractivity contribution < 1.29 is 9.84 Å². The van der Waals surface area contributed by atoms with E-state index in [4.69, 9.17) is 16.3 Å². The monoisotopic (exact) mass is 514 g/mol. The van der Waals surface area contributed by atoms with Crippen molar-refractivity contribution >= 4 is 33.2 Å². The summed E-state index contributed by atoms with van der Waals surface area (Å²) >= 11 is 9.57. The fraction of sp³-hybridized carbons (Fsp3) is 0.308. The third-order valence-corrected chi connectivity index (χ3v) is 6.65. The van der Waals surface area contributed by atoms with Gasteiger partial charge in [0.05, 0.1) is 5.60 Å². The molecule has 0 atom stereocenters. The van der Waals surface area contributed by atoms with Crippen LogP contribution in [0.4, 0.5) is 5.69 Å². The Bertz CT molecular complexity index is 1010. The number of nitrogens with one attached hydrogen (secondary N) is 1. The van der Waals surface area contributed by atoms with Gasteiger partial charge in [0.1, 0.15) is 12.4 Å². The summed E-state index contributed by atoms with van der Waals surface area (Å²) in [5.74, 6) is 0.884. The highest BCUT2D eigenvalue weighted by Crippen LogP contribution is 2.29. The highest BCUT2D eigenvalue weighted by Gasteiger charge is 2.32. The van der Waals surface area contributed by atoms with E-state index in [-0.39, 0.29) is 0 Å². The Morgan fingerprint density at radius 2 is 1.72 bits per heavy atom. The number of hydrogen-bond donors (Lipinski definition) is 2. The zero-order valence-electron chi connectivity index (χ0n) is 17.9. The van der Waals surface area contributed by atoms with Crippen LogP contribution in [-0.4, -0.2) is 35.2 Å².